The molecule has 2 rings (SSSR count). The fourth-order valence-electron chi connectivity index (χ4n) is 1.83. The lowest BCUT2D eigenvalue weighted by Crippen LogP contribution is -2.34. The van der Waals surface area contributed by atoms with Crippen molar-refractivity contribution in [2.24, 2.45) is 5.92 Å². The van der Waals surface area contributed by atoms with E-state index in [9.17, 15) is 13.5 Å². The van der Waals surface area contributed by atoms with Gasteiger partial charge in [0.25, 0.3) is 10.0 Å². The number of hydrogen-bond donors (Lipinski definition) is 1. The fraction of sp³-hybridized carbons (Fsp3) is 0.667. The van der Waals surface area contributed by atoms with Gasteiger partial charge >= 0.3 is 0 Å². The van der Waals surface area contributed by atoms with Crippen molar-refractivity contribution < 1.29 is 13.5 Å². The molecule has 1 heterocycles. The van der Waals surface area contributed by atoms with Gasteiger partial charge in [-0.05, 0) is 37.3 Å². The van der Waals surface area contributed by atoms with Gasteiger partial charge in [0.1, 0.15) is 4.21 Å². The monoisotopic (exact) mass is 289 g/mol. The zero-order valence-corrected chi connectivity index (χ0v) is 12.3. The van der Waals surface area contributed by atoms with Gasteiger partial charge in [-0.15, -0.1) is 11.3 Å². The molecule has 1 N–H and O–H groups in total. The van der Waals surface area contributed by atoms with Crippen LogP contribution in [0, 0.1) is 5.92 Å². The Labute approximate surface area is 112 Å². The molecule has 0 aliphatic heterocycles. The summed E-state index contributed by atoms with van der Waals surface area (Å²) in [5.41, 5.74) is 0. The molecular formula is C12H19NO3S2. The van der Waals surface area contributed by atoms with Crippen LogP contribution in [0.15, 0.2) is 16.3 Å². The quantitative estimate of drug-likeness (QED) is 0.867. The molecule has 102 valence electrons. The number of hydrogen-bond acceptors (Lipinski definition) is 4. The van der Waals surface area contributed by atoms with Gasteiger partial charge < -0.3 is 5.11 Å². The van der Waals surface area contributed by atoms with E-state index in [0.29, 0.717) is 4.21 Å². The van der Waals surface area contributed by atoms with E-state index in [-0.39, 0.29) is 12.5 Å². The van der Waals surface area contributed by atoms with Crippen LogP contribution in [-0.2, 0) is 16.4 Å². The van der Waals surface area contributed by atoms with Crippen LogP contribution < -0.4 is 0 Å². The lowest BCUT2D eigenvalue weighted by Gasteiger charge is -2.19. The standard InChI is InChI=1S/C12H19NO3S2/c1-3-10-6-7-12(17-10)18(15,16)13(2)8-11(14)9-4-5-9/h6-7,9,11,14H,3-5,8H2,1-2H3. The minimum absolute atomic E-state index is 0.187. The molecule has 0 radical (unpaired) electrons. The van der Waals surface area contributed by atoms with E-state index >= 15 is 0 Å². The number of rotatable bonds is 6. The van der Waals surface area contributed by atoms with E-state index in [1.165, 1.54) is 22.7 Å². The predicted octanol–water partition coefficient (Wildman–Crippen LogP) is 1.70. The highest BCUT2D eigenvalue weighted by molar-refractivity contribution is 7.91. The van der Waals surface area contributed by atoms with E-state index in [2.05, 4.69) is 0 Å². The second-order valence-corrected chi connectivity index (χ2v) is 8.20. The molecule has 0 spiro atoms. The first kappa shape index (κ1) is 14.0. The Morgan fingerprint density at radius 2 is 2.17 bits per heavy atom. The van der Waals surface area contributed by atoms with Gasteiger partial charge in [-0.2, -0.15) is 4.31 Å². The van der Waals surface area contributed by atoms with Crippen molar-refractivity contribution in [3.8, 4) is 0 Å². The van der Waals surface area contributed by atoms with Crippen LogP contribution in [0.4, 0.5) is 0 Å². The largest absolute Gasteiger partial charge is 0.391 e. The van der Waals surface area contributed by atoms with Crippen molar-refractivity contribution in [1.29, 1.82) is 0 Å². The lowest BCUT2D eigenvalue weighted by molar-refractivity contribution is 0.131. The molecule has 1 unspecified atom stereocenters. The molecule has 0 amide bonds. The summed E-state index contributed by atoms with van der Waals surface area (Å²) >= 11 is 1.31. The van der Waals surface area contributed by atoms with E-state index in [0.717, 1.165) is 24.1 Å². The highest BCUT2D eigenvalue weighted by atomic mass is 32.2. The minimum Gasteiger partial charge on any atom is -0.391 e. The second kappa shape index (κ2) is 5.28. The van der Waals surface area contributed by atoms with E-state index in [1.54, 1.807) is 6.07 Å². The number of aliphatic hydroxyl groups is 1. The summed E-state index contributed by atoms with van der Waals surface area (Å²) in [7, 11) is -1.90. The van der Waals surface area contributed by atoms with E-state index in [4.69, 9.17) is 0 Å². The number of likely N-dealkylation sites (N-methyl/N-ethyl adjacent to an activating group) is 1. The topological polar surface area (TPSA) is 57.6 Å². The van der Waals surface area contributed by atoms with Gasteiger partial charge in [0.05, 0.1) is 6.10 Å². The number of thiophene rings is 1. The van der Waals surface area contributed by atoms with E-state index in [1.807, 2.05) is 13.0 Å². The van der Waals surface area contributed by atoms with Gasteiger partial charge in [0.2, 0.25) is 0 Å². The zero-order valence-electron chi connectivity index (χ0n) is 10.7. The smallest absolute Gasteiger partial charge is 0.252 e. The van der Waals surface area contributed by atoms with Crippen LogP contribution in [0.1, 0.15) is 24.6 Å². The maximum absolute atomic E-state index is 12.3. The maximum atomic E-state index is 12.3. The Balaban J connectivity index is 2.08. The first-order valence-electron chi connectivity index (χ1n) is 6.18. The molecule has 18 heavy (non-hydrogen) atoms. The number of sulfonamides is 1. The highest BCUT2D eigenvalue weighted by Gasteiger charge is 2.33. The summed E-state index contributed by atoms with van der Waals surface area (Å²) in [6.45, 7) is 2.19. The van der Waals surface area contributed by atoms with Crippen LogP contribution >= 0.6 is 11.3 Å². The number of nitrogens with zero attached hydrogens (tertiary/aromatic N) is 1. The predicted molar refractivity (Wildman–Crippen MR) is 72.2 cm³/mol. The summed E-state index contributed by atoms with van der Waals surface area (Å²) in [5.74, 6) is 0.289. The summed E-state index contributed by atoms with van der Waals surface area (Å²) in [6.07, 6.45) is 2.33. The third kappa shape index (κ3) is 2.93. The second-order valence-electron chi connectivity index (χ2n) is 4.76. The first-order valence-corrected chi connectivity index (χ1v) is 8.44. The molecule has 0 saturated heterocycles. The van der Waals surface area contributed by atoms with Crippen LogP contribution in [0.25, 0.3) is 0 Å². The average Bonchev–Trinajstić information content (AvgIpc) is 3.06. The molecule has 1 aromatic rings. The summed E-state index contributed by atoms with van der Waals surface area (Å²) in [4.78, 5) is 1.06. The van der Waals surface area contributed by atoms with Crippen molar-refractivity contribution in [2.75, 3.05) is 13.6 Å². The van der Waals surface area contributed by atoms with Gasteiger partial charge in [-0.25, -0.2) is 8.42 Å². The average molecular weight is 289 g/mol. The summed E-state index contributed by atoms with van der Waals surface area (Å²) in [5, 5.41) is 9.82. The Morgan fingerprint density at radius 3 is 2.67 bits per heavy atom. The van der Waals surface area contributed by atoms with Crippen molar-refractivity contribution in [1.82, 2.24) is 4.31 Å². The summed E-state index contributed by atoms with van der Waals surface area (Å²) in [6, 6.07) is 3.50. The normalized spacial score (nSPS) is 18.2. The minimum atomic E-state index is -3.44. The van der Waals surface area contributed by atoms with Gasteiger partial charge in [-0.1, -0.05) is 6.92 Å². The number of aryl methyl sites for hydroxylation is 1. The van der Waals surface area contributed by atoms with Crippen LogP contribution in [0.5, 0.6) is 0 Å². The molecule has 1 aromatic heterocycles. The van der Waals surface area contributed by atoms with Crippen LogP contribution in [-0.4, -0.2) is 37.5 Å². The van der Waals surface area contributed by atoms with Crippen LogP contribution in [0.3, 0.4) is 0 Å². The molecule has 1 aliphatic rings. The fourth-order valence-corrected chi connectivity index (χ4v) is 4.53. The summed E-state index contributed by atoms with van der Waals surface area (Å²) < 4.78 is 26.2. The molecule has 0 aromatic carbocycles. The third-order valence-electron chi connectivity index (χ3n) is 3.26. The van der Waals surface area contributed by atoms with Crippen molar-refractivity contribution >= 4 is 21.4 Å². The Hall–Kier alpha value is -0.430. The van der Waals surface area contributed by atoms with Gasteiger partial charge in [0, 0.05) is 18.5 Å². The van der Waals surface area contributed by atoms with Crippen molar-refractivity contribution in [3.63, 3.8) is 0 Å². The van der Waals surface area contributed by atoms with Crippen LogP contribution in [0.2, 0.25) is 0 Å². The SMILES string of the molecule is CCc1ccc(S(=O)(=O)N(C)CC(O)C2CC2)s1. The molecule has 1 aliphatic carbocycles. The lowest BCUT2D eigenvalue weighted by atomic mass is 10.2. The van der Waals surface area contributed by atoms with Crippen molar-refractivity contribution in [2.45, 2.75) is 36.5 Å². The maximum Gasteiger partial charge on any atom is 0.252 e. The highest BCUT2D eigenvalue weighted by Crippen LogP contribution is 2.33. The Bertz CT molecular complexity index is 505. The Morgan fingerprint density at radius 1 is 1.50 bits per heavy atom. The number of aliphatic hydroxyl groups excluding tert-OH is 1. The van der Waals surface area contributed by atoms with E-state index < -0.39 is 16.1 Å². The molecule has 1 atom stereocenters. The molecular weight excluding hydrogens is 270 g/mol. The van der Waals surface area contributed by atoms with Crippen molar-refractivity contribution in [3.05, 3.63) is 17.0 Å². The first-order chi connectivity index (χ1) is 8.45. The molecule has 0 bridgehead atoms. The van der Waals surface area contributed by atoms with Gasteiger partial charge in [-0.3, -0.25) is 0 Å². The Kier molecular flexibility index (Phi) is 4.11. The molecule has 4 nitrogen and oxygen atoms in total. The zero-order chi connectivity index (χ0) is 13.3. The molecule has 6 heteroatoms. The third-order valence-corrected chi connectivity index (χ3v) is 6.78. The molecule has 1 saturated carbocycles. The molecule has 1 fully saturated rings. The van der Waals surface area contributed by atoms with Gasteiger partial charge in [0.15, 0.2) is 0 Å².